The monoisotopic (exact) mass is 405 g/mol. The fourth-order valence-corrected chi connectivity index (χ4v) is 5.17. The zero-order valence-electron chi connectivity index (χ0n) is 17.0. The highest BCUT2D eigenvalue weighted by Gasteiger charge is 2.33. The van der Waals surface area contributed by atoms with Crippen LogP contribution in [-0.2, 0) is 5.41 Å². The Kier molecular flexibility index (Phi) is 6.12. The molecule has 150 valence electrons. The van der Waals surface area contributed by atoms with Crippen molar-refractivity contribution in [1.29, 1.82) is 5.26 Å². The third-order valence-corrected chi connectivity index (χ3v) is 7.01. The van der Waals surface area contributed by atoms with E-state index in [1.807, 2.05) is 17.5 Å². The topological polar surface area (TPSA) is 42.2 Å². The van der Waals surface area contributed by atoms with Crippen molar-refractivity contribution in [2.45, 2.75) is 69.3 Å². The highest BCUT2D eigenvalue weighted by Crippen LogP contribution is 2.43. The molecule has 0 radical (unpaired) electrons. The van der Waals surface area contributed by atoms with Gasteiger partial charge < -0.3 is 9.47 Å². The van der Waals surface area contributed by atoms with Gasteiger partial charge >= 0.3 is 0 Å². The summed E-state index contributed by atoms with van der Waals surface area (Å²) < 4.78 is 11.9. The van der Waals surface area contributed by atoms with Crippen LogP contribution in [0, 0.1) is 23.2 Å². The predicted molar refractivity (Wildman–Crippen MR) is 117 cm³/mol. The van der Waals surface area contributed by atoms with E-state index in [4.69, 9.17) is 14.7 Å². The Balaban J connectivity index is 1.68. The Hall–Kier alpha value is -2.43. The highest BCUT2D eigenvalue weighted by molar-refractivity contribution is 7.10. The minimum absolute atomic E-state index is 0.160. The first-order valence-corrected chi connectivity index (χ1v) is 11.5. The average molecular weight is 406 g/mol. The van der Waals surface area contributed by atoms with Gasteiger partial charge in [-0.05, 0) is 62.3 Å². The molecule has 2 saturated carbocycles. The van der Waals surface area contributed by atoms with Crippen molar-refractivity contribution in [3.05, 3.63) is 45.6 Å². The first kappa shape index (κ1) is 19.9. The van der Waals surface area contributed by atoms with E-state index in [9.17, 15) is 0 Å². The molecule has 1 heterocycles. The number of hydrogen-bond acceptors (Lipinski definition) is 4. The zero-order valence-corrected chi connectivity index (χ0v) is 17.8. The van der Waals surface area contributed by atoms with Crippen LogP contribution >= 0.6 is 11.3 Å². The van der Waals surface area contributed by atoms with Crippen LogP contribution in [0.2, 0.25) is 0 Å². The second-order valence-electron chi connectivity index (χ2n) is 8.09. The van der Waals surface area contributed by atoms with E-state index in [-0.39, 0.29) is 5.41 Å². The molecule has 3 nitrogen and oxygen atoms in total. The van der Waals surface area contributed by atoms with Gasteiger partial charge in [0.25, 0.3) is 0 Å². The molecule has 29 heavy (non-hydrogen) atoms. The molecule has 0 N–H and O–H groups in total. The molecular formula is C25H27NO2S. The van der Waals surface area contributed by atoms with Gasteiger partial charge in [-0.25, -0.2) is 0 Å². The van der Waals surface area contributed by atoms with Crippen LogP contribution in [0.1, 0.15) is 73.8 Å². The number of thiophene rings is 1. The fourth-order valence-electron chi connectivity index (χ4n) is 4.55. The Morgan fingerprint density at radius 3 is 2.52 bits per heavy atom. The maximum atomic E-state index is 9.08. The van der Waals surface area contributed by atoms with Gasteiger partial charge in [-0.15, -0.1) is 11.3 Å². The molecule has 2 fully saturated rings. The summed E-state index contributed by atoms with van der Waals surface area (Å²) in [6.45, 7) is 0. The third kappa shape index (κ3) is 4.44. The lowest BCUT2D eigenvalue weighted by Crippen LogP contribution is -2.27. The summed E-state index contributed by atoms with van der Waals surface area (Å²) in [5.74, 6) is 8.64. The number of nitrogens with zero attached hydrogens (tertiary/aromatic N) is 1. The summed E-state index contributed by atoms with van der Waals surface area (Å²) in [5, 5.41) is 11.1. The minimum Gasteiger partial charge on any atom is -0.493 e. The van der Waals surface area contributed by atoms with Crippen LogP contribution in [0.5, 0.6) is 11.5 Å². The Morgan fingerprint density at radius 1 is 1.03 bits per heavy atom. The largest absolute Gasteiger partial charge is 0.493 e. The lowest BCUT2D eigenvalue weighted by atomic mass is 9.70. The second-order valence-corrected chi connectivity index (χ2v) is 9.01. The molecular weight excluding hydrogens is 378 g/mol. The summed E-state index contributed by atoms with van der Waals surface area (Å²) in [6, 6.07) is 10.5. The molecule has 1 aromatic carbocycles. The molecule has 0 spiro atoms. The summed E-state index contributed by atoms with van der Waals surface area (Å²) in [5.41, 5.74) is 2.01. The van der Waals surface area contributed by atoms with Crippen LogP contribution in [0.15, 0.2) is 29.6 Å². The van der Waals surface area contributed by atoms with Crippen LogP contribution < -0.4 is 9.47 Å². The first-order valence-electron chi connectivity index (χ1n) is 10.6. The molecule has 2 aliphatic rings. The van der Waals surface area contributed by atoms with E-state index >= 15 is 0 Å². The Morgan fingerprint density at radius 2 is 1.83 bits per heavy atom. The molecule has 0 bridgehead atoms. The molecule has 0 amide bonds. The number of hydrogen-bond donors (Lipinski definition) is 0. The number of benzene rings is 1. The van der Waals surface area contributed by atoms with Gasteiger partial charge in [-0.1, -0.05) is 37.2 Å². The van der Waals surface area contributed by atoms with Gasteiger partial charge in [-0.3, -0.25) is 0 Å². The molecule has 0 saturated heterocycles. The number of ether oxygens (including phenoxy) is 2. The molecule has 2 aliphatic carbocycles. The van der Waals surface area contributed by atoms with Gasteiger partial charge in [0.1, 0.15) is 10.9 Å². The summed E-state index contributed by atoms with van der Waals surface area (Å²) in [4.78, 5) is 0.712. The van der Waals surface area contributed by atoms with E-state index in [1.165, 1.54) is 49.0 Å². The summed E-state index contributed by atoms with van der Waals surface area (Å²) in [7, 11) is 1.70. The molecule has 0 unspecified atom stereocenters. The number of methoxy groups -OCH3 is 1. The smallest absolute Gasteiger partial charge is 0.161 e. The van der Waals surface area contributed by atoms with E-state index in [0.717, 1.165) is 42.7 Å². The molecule has 2 aromatic rings. The summed E-state index contributed by atoms with van der Waals surface area (Å²) >= 11 is 1.46. The van der Waals surface area contributed by atoms with Gasteiger partial charge in [0, 0.05) is 10.9 Å². The minimum atomic E-state index is -0.160. The zero-order chi connectivity index (χ0) is 20.1. The molecule has 4 heteroatoms. The summed E-state index contributed by atoms with van der Waals surface area (Å²) in [6.07, 6.45) is 10.8. The van der Waals surface area contributed by atoms with Crippen molar-refractivity contribution < 1.29 is 9.47 Å². The fraction of sp³-hybridized carbons (Fsp3) is 0.480. The molecule has 4 rings (SSSR count). The van der Waals surface area contributed by atoms with Crippen LogP contribution in [-0.4, -0.2) is 13.2 Å². The number of rotatable bonds is 4. The van der Waals surface area contributed by atoms with Crippen molar-refractivity contribution in [3.8, 4) is 29.4 Å². The van der Waals surface area contributed by atoms with Crippen molar-refractivity contribution in [1.82, 2.24) is 0 Å². The van der Waals surface area contributed by atoms with Crippen LogP contribution in [0.4, 0.5) is 0 Å². The average Bonchev–Trinajstić information content (AvgIpc) is 3.45. The van der Waals surface area contributed by atoms with Crippen LogP contribution in [0.3, 0.4) is 0 Å². The molecule has 1 aromatic heterocycles. The van der Waals surface area contributed by atoms with Crippen molar-refractivity contribution >= 4 is 11.3 Å². The Labute approximate surface area is 177 Å². The van der Waals surface area contributed by atoms with Gasteiger partial charge in [0.05, 0.1) is 18.6 Å². The van der Waals surface area contributed by atoms with Crippen LogP contribution in [0.25, 0.3) is 0 Å². The van der Waals surface area contributed by atoms with Crippen molar-refractivity contribution in [2.24, 2.45) is 0 Å². The maximum absolute atomic E-state index is 9.08. The van der Waals surface area contributed by atoms with Crippen molar-refractivity contribution in [3.63, 3.8) is 0 Å². The van der Waals surface area contributed by atoms with E-state index in [2.05, 4.69) is 30.0 Å². The normalized spacial score (nSPS) is 18.5. The number of nitriles is 1. The van der Waals surface area contributed by atoms with E-state index in [0.29, 0.717) is 11.0 Å². The lowest BCUT2D eigenvalue weighted by molar-refractivity contribution is 0.200. The second kappa shape index (κ2) is 8.93. The van der Waals surface area contributed by atoms with Crippen molar-refractivity contribution in [2.75, 3.05) is 7.11 Å². The maximum Gasteiger partial charge on any atom is 0.161 e. The molecule has 0 aliphatic heterocycles. The van der Waals surface area contributed by atoms with E-state index in [1.54, 1.807) is 7.11 Å². The quantitative estimate of drug-likeness (QED) is 0.569. The van der Waals surface area contributed by atoms with E-state index < -0.39 is 0 Å². The SMILES string of the molecule is COc1ccc(C2(C#Cc3csc(C#N)c3)CCCCC2)cc1OC1CCCC1. The standard InChI is InChI=1S/C25H27NO2S/c1-27-23-10-9-20(16-24(23)28-21-7-3-4-8-21)25(12-5-2-6-13-25)14-11-19-15-22(17-26)29-18-19/h9-10,15-16,18,21H,2-8,12-13H2,1H3. The third-order valence-electron chi connectivity index (χ3n) is 6.17. The lowest BCUT2D eigenvalue weighted by Gasteiger charge is -2.33. The van der Waals surface area contributed by atoms with Gasteiger partial charge in [0.2, 0.25) is 0 Å². The first-order chi connectivity index (χ1) is 14.2. The highest BCUT2D eigenvalue weighted by atomic mass is 32.1. The molecule has 0 atom stereocenters. The van der Waals surface area contributed by atoms with Gasteiger partial charge in [0.15, 0.2) is 11.5 Å². The predicted octanol–water partition coefficient (Wildman–Crippen LogP) is 6.20. The van der Waals surface area contributed by atoms with Gasteiger partial charge in [-0.2, -0.15) is 5.26 Å². The Bertz CT molecular complexity index is 947.